The van der Waals surface area contributed by atoms with Crippen LogP contribution in [0.2, 0.25) is 0 Å². The topological polar surface area (TPSA) is 89.4 Å². The van der Waals surface area contributed by atoms with E-state index in [1.54, 1.807) is 13.8 Å². The average molecular weight is 289 g/mol. The van der Waals surface area contributed by atoms with Gasteiger partial charge < -0.3 is 10.3 Å². The molecule has 6 nitrogen and oxygen atoms in total. The molecule has 0 saturated carbocycles. The Hall–Kier alpha value is -0.920. The highest BCUT2D eigenvalue weighted by atomic mass is 32.2. The predicted octanol–water partition coefficient (Wildman–Crippen LogP) is 1.29. The highest BCUT2D eigenvalue weighted by molar-refractivity contribution is 7.89. The smallest absolute Gasteiger partial charge is 0.248 e. The molecule has 1 heterocycles. The van der Waals surface area contributed by atoms with Crippen LogP contribution in [0, 0.1) is 19.3 Å². The molecular formula is C12H23N3O3S. The van der Waals surface area contributed by atoms with Crippen molar-refractivity contribution in [3.63, 3.8) is 0 Å². The van der Waals surface area contributed by atoms with Crippen molar-refractivity contribution in [1.82, 2.24) is 9.46 Å². The van der Waals surface area contributed by atoms with E-state index in [1.807, 2.05) is 20.8 Å². The molecule has 0 unspecified atom stereocenters. The highest BCUT2D eigenvalue weighted by Gasteiger charge is 2.33. The van der Waals surface area contributed by atoms with Crippen molar-refractivity contribution in [3.05, 3.63) is 11.5 Å². The van der Waals surface area contributed by atoms with Gasteiger partial charge in [-0.1, -0.05) is 25.9 Å². The lowest BCUT2D eigenvalue weighted by Gasteiger charge is -2.30. The Morgan fingerprint density at radius 2 is 1.95 bits per heavy atom. The third kappa shape index (κ3) is 3.34. The van der Waals surface area contributed by atoms with Gasteiger partial charge in [0.2, 0.25) is 10.0 Å². The highest BCUT2D eigenvalue weighted by Crippen LogP contribution is 2.26. The number of nitrogens with two attached hydrogens (primary N) is 1. The van der Waals surface area contributed by atoms with Crippen LogP contribution in [0.3, 0.4) is 0 Å². The average Bonchev–Trinajstić information content (AvgIpc) is 2.66. The molecule has 0 aliphatic carbocycles. The molecular weight excluding hydrogens is 266 g/mol. The van der Waals surface area contributed by atoms with E-state index < -0.39 is 10.0 Å². The number of hydrogen-bond acceptors (Lipinski definition) is 5. The second kappa shape index (κ2) is 5.60. The maximum atomic E-state index is 12.6. The number of aromatic nitrogens is 1. The van der Waals surface area contributed by atoms with E-state index >= 15 is 0 Å². The molecule has 0 fully saturated rings. The summed E-state index contributed by atoms with van der Waals surface area (Å²) in [6.07, 6.45) is 0. The summed E-state index contributed by atoms with van der Waals surface area (Å²) in [5.41, 5.74) is 5.79. The minimum absolute atomic E-state index is 0.169. The summed E-state index contributed by atoms with van der Waals surface area (Å²) in [7, 11) is -3.59. The zero-order chi connectivity index (χ0) is 14.8. The van der Waals surface area contributed by atoms with Crippen molar-refractivity contribution in [2.45, 2.75) is 39.5 Å². The Morgan fingerprint density at radius 3 is 2.32 bits per heavy atom. The molecule has 0 saturated heterocycles. The lowest BCUT2D eigenvalue weighted by molar-refractivity contribution is 0.272. The molecule has 0 atom stereocenters. The van der Waals surface area contributed by atoms with E-state index in [9.17, 15) is 8.42 Å². The molecule has 0 radical (unpaired) electrons. The van der Waals surface area contributed by atoms with Crippen molar-refractivity contribution in [3.8, 4) is 0 Å². The van der Waals surface area contributed by atoms with Crippen molar-refractivity contribution in [2.75, 3.05) is 19.6 Å². The van der Waals surface area contributed by atoms with Crippen LogP contribution in [0.15, 0.2) is 9.42 Å². The van der Waals surface area contributed by atoms with Crippen LogP contribution in [0.25, 0.3) is 0 Å². The summed E-state index contributed by atoms with van der Waals surface area (Å²) >= 11 is 0. The van der Waals surface area contributed by atoms with Crippen LogP contribution < -0.4 is 5.73 Å². The van der Waals surface area contributed by atoms with E-state index in [4.69, 9.17) is 10.3 Å². The minimum Gasteiger partial charge on any atom is -0.360 e. The molecule has 2 N–H and O–H groups in total. The molecule has 0 aliphatic heterocycles. The third-order valence-electron chi connectivity index (χ3n) is 3.08. The Bertz CT molecular complexity index is 515. The molecule has 110 valence electrons. The summed E-state index contributed by atoms with van der Waals surface area (Å²) < 4.78 is 31.7. The van der Waals surface area contributed by atoms with Gasteiger partial charge in [-0.05, 0) is 25.8 Å². The summed E-state index contributed by atoms with van der Waals surface area (Å²) in [6.45, 7) is 10.1. The zero-order valence-corrected chi connectivity index (χ0v) is 13.0. The van der Waals surface area contributed by atoms with E-state index in [0.717, 1.165) is 0 Å². The van der Waals surface area contributed by atoms with E-state index in [-0.39, 0.29) is 10.3 Å². The van der Waals surface area contributed by atoms with Crippen LogP contribution in [0.4, 0.5) is 0 Å². The maximum absolute atomic E-state index is 12.6. The molecule has 7 heteroatoms. The predicted molar refractivity (Wildman–Crippen MR) is 73.2 cm³/mol. The normalized spacial score (nSPS) is 13.2. The third-order valence-corrected chi connectivity index (χ3v) is 5.24. The first-order chi connectivity index (χ1) is 8.65. The van der Waals surface area contributed by atoms with Gasteiger partial charge in [0.1, 0.15) is 10.6 Å². The SMILES string of the molecule is CCN(CC(C)(C)CN)S(=O)(=O)c1c(C)noc1C. The zero-order valence-electron chi connectivity index (χ0n) is 12.2. The molecule has 1 rings (SSSR count). The summed E-state index contributed by atoms with van der Waals surface area (Å²) in [5.74, 6) is 0.321. The molecule has 1 aromatic heterocycles. The summed E-state index contributed by atoms with van der Waals surface area (Å²) in [5, 5.41) is 3.71. The monoisotopic (exact) mass is 289 g/mol. The Kier molecular flexibility index (Phi) is 4.76. The van der Waals surface area contributed by atoms with E-state index in [2.05, 4.69) is 5.16 Å². The first-order valence-electron chi connectivity index (χ1n) is 6.29. The molecule has 0 amide bonds. The Labute approximate surface area is 115 Å². The van der Waals surface area contributed by atoms with Gasteiger partial charge in [-0.15, -0.1) is 0 Å². The van der Waals surface area contributed by atoms with Crippen molar-refractivity contribution in [1.29, 1.82) is 0 Å². The number of aryl methyl sites for hydroxylation is 2. The standard InChI is InChI=1S/C12H23N3O3S/c1-6-15(8-12(4,5)7-13)19(16,17)11-9(2)14-18-10(11)3/h6-8,13H2,1-5H3. The quantitative estimate of drug-likeness (QED) is 0.852. The van der Waals surface area contributed by atoms with Gasteiger partial charge in [0, 0.05) is 13.1 Å². The number of nitrogens with zero attached hydrogens (tertiary/aromatic N) is 2. The van der Waals surface area contributed by atoms with Crippen molar-refractivity contribution >= 4 is 10.0 Å². The molecule has 1 aromatic rings. The lowest BCUT2D eigenvalue weighted by Crippen LogP contribution is -2.42. The molecule has 0 aliphatic rings. The summed E-state index contributed by atoms with van der Waals surface area (Å²) in [6, 6.07) is 0. The number of sulfonamides is 1. The largest absolute Gasteiger partial charge is 0.360 e. The van der Waals surface area contributed by atoms with E-state index in [1.165, 1.54) is 4.31 Å². The van der Waals surface area contributed by atoms with Gasteiger partial charge in [-0.3, -0.25) is 0 Å². The first-order valence-corrected chi connectivity index (χ1v) is 7.73. The van der Waals surface area contributed by atoms with Crippen LogP contribution in [-0.4, -0.2) is 37.5 Å². The van der Waals surface area contributed by atoms with E-state index in [0.29, 0.717) is 31.1 Å². The fraction of sp³-hybridized carbons (Fsp3) is 0.750. The van der Waals surface area contributed by atoms with Gasteiger partial charge in [-0.25, -0.2) is 8.42 Å². The molecule has 0 bridgehead atoms. The minimum atomic E-state index is -3.59. The molecule has 0 spiro atoms. The molecule has 0 aromatic carbocycles. The van der Waals surface area contributed by atoms with Crippen LogP contribution in [0.1, 0.15) is 32.2 Å². The maximum Gasteiger partial charge on any atom is 0.248 e. The second-order valence-corrected chi connectivity index (χ2v) is 7.33. The lowest BCUT2D eigenvalue weighted by atomic mass is 9.94. The summed E-state index contributed by atoms with van der Waals surface area (Å²) in [4.78, 5) is 0.169. The fourth-order valence-corrected chi connectivity index (χ4v) is 3.81. The molecule has 19 heavy (non-hydrogen) atoms. The van der Waals surface area contributed by atoms with Gasteiger partial charge in [0.25, 0.3) is 0 Å². The van der Waals surface area contributed by atoms with Gasteiger partial charge in [0.15, 0.2) is 5.76 Å². The second-order valence-electron chi connectivity index (χ2n) is 5.45. The van der Waals surface area contributed by atoms with Gasteiger partial charge in [-0.2, -0.15) is 4.31 Å². The van der Waals surface area contributed by atoms with Crippen molar-refractivity contribution in [2.24, 2.45) is 11.1 Å². The van der Waals surface area contributed by atoms with Crippen LogP contribution in [-0.2, 0) is 10.0 Å². The van der Waals surface area contributed by atoms with Crippen molar-refractivity contribution < 1.29 is 12.9 Å². The fourth-order valence-electron chi connectivity index (χ4n) is 1.88. The van der Waals surface area contributed by atoms with Gasteiger partial charge in [0.05, 0.1) is 0 Å². The number of hydrogen-bond donors (Lipinski definition) is 1. The van der Waals surface area contributed by atoms with Crippen LogP contribution >= 0.6 is 0 Å². The first kappa shape index (κ1) is 16.1. The Morgan fingerprint density at radius 1 is 1.37 bits per heavy atom. The van der Waals surface area contributed by atoms with Crippen LogP contribution in [0.5, 0.6) is 0 Å². The number of rotatable bonds is 6. The van der Waals surface area contributed by atoms with Gasteiger partial charge >= 0.3 is 0 Å². The Balaban J connectivity index is 3.17.